The number of carboxylic acids is 1. The Bertz CT molecular complexity index is 1040. The summed E-state index contributed by atoms with van der Waals surface area (Å²) in [5.74, 6) is -1.12. The predicted molar refractivity (Wildman–Crippen MR) is 103 cm³/mol. The van der Waals surface area contributed by atoms with Gasteiger partial charge in [0.2, 0.25) is 0 Å². The number of carbonyl (C=O) groups excluding carboxylic acids is 1. The molecule has 1 aromatic carbocycles. The summed E-state index contributed by atoms with van der Waals surface area (Å²) in [6, 6.07) is 11.6. The summed E-state index contributed by atoms with van der Waals surface area (Å²) in [6.07, 6.45) is 2.16. The highest BCUT2D eigenvalue weighted by Crippen LogP contribution is 2.30. The molecule has 0 fully saturated rings. The third-order valence-electron chi connectivity index (χ3n) is 4.95. The molecule has 3 heterocycles. The average molecular weight is 364 g/mol. The molecule has 2 aromatic heterocycles. The molecule has 0 amide bonds. The van der Waals surface area contributed by atoms with Crippen molar-refractivity contribution < 1.29 is 14.8 Å². The van der Waals surface area contributed by atoms with Gasteiger partial charge in [0, 0.05) is 31.8 Å². The smallest absolute Gasteiger partial charge is 0.106 e. The van der Waals surface area contributed by atoms with Crippen molar-refractivity contribution in [3.63, 3.8) is 0 Å². The molecule has 3 aromatic rings. The molecular weight excluding hydrogens is 344 g/mol. The number of para-hydroxylation sites is 1. The Morgan fingerprint density at radius 2 is 2.08 bits per heavy atom. The van der Waals surface area contributed by atoms with Crippen molar-refractivity contribution in [1.29, 1.82) is 0 Å². The van der Waals surface area contributed by atoms with Crippen LogP contribution in [0, 0.1) is 6.92 Å². The monoisotopic (exact) mass is 364 g/mol. The fourth-order valence-electron chi connectivity index (χ4n) is 3.66. The van der Waals surface area contributed by atoms with E-state index in [1.54, 1.807) is 11.3 Å². The molecule has 4 rings (SSSR count). The Kier molecular flexibility index (Phi) is 4.34. The van der Waals surface area contributed by atoms with Crippen LogP contribution in [0.15, 0.2) is 36.4 Å². The molecule has 0 bridgehead atoms. The molecule has 5 heteroatoms. The van der Waals surface area contributed by atoms with Crippen LogP contribution in [0.3, 0.4) is 0 Å². The molecule has 0 saturated heterocycles. The Balaban J connectivity index is 1.99. The normalized spacial score (nSPS) is 18.2. The highest BCUT2D eigenvalue weighted by atomic mass is 32.1. The standard InChI is InChI=1S/C21H20N2O2S/c1-3-23-11-14(10-15-9-8-13(2)26-15)20-17(12-23)19(21(24)25)16-6-4-5-7-18(16)22-20/h4-10H,3,11-12H2,1-2H3,(H,24,25)/b14-10+. The molecule has 1 aliphatic heterocycles. The van der Waals surface area contributed by atoms with Crippen molar-refractivity contribution in [2.75, 3.05) is 13.1 Å². The number of thiophene rings is 1. The summed E-state index contributed by atoms with van der Waals surface area (Å²) < 4.78 is 0. The van der Waals surface area contributed by atoms with Gasteiger partial charge in [-0.2, -0.15) is 0 Å². The highest BCUT2D eigenvalue weighted by Gasteiger charge is 2.28. The fourth-order valence-corrected chi connectivity index (χ4v) is 4.51. The van der Waals surface area contributed by atoms with Crippen molar-refractivity contribution in [2.24, 2.45) is 0 Å². The SMILES string of the molecule is CC[NH+]1C/C(=C\c2ccc(C)s2)c2nc3ccccc3c(C(=O)[O-])c2C1. The van der Waals surface area contributed by atoms with Gasteiger partial charge in [-0.15, -0.1) is 11.3 Å². The minimum absolute atomic E-state index is 0.296. The third-order valence-corrected chi connectivity index (χ3v) is 5.89. The molecule has 0 spiro atoms. The van der Waals surface area contributed by atoms with E-state index in [0.717, 1.165) is 29.9 Å². The summed E-state index contributed by atoms with van der Waals surface area (Å²) in [5.41, 5.74) is 3.71. The molecule has 0 saturated carbocycles. The number of nitrogens with one attached hydrogen (secondary N) is 1. The molecule has 26 heavy (non-hydrogen) atoms. The lowest BCUT2D eigenvalue weighted by atomic mass is 9.92. The van der Waals surface area contributed by atoms with E-state index >= 15 is 0 Å². The van der Waals surface area contributed by atoms with E-state index in [9.17, 15) is 9.90 Å². The lowest BCUT2D eigenvalue weighted by Gasteiger charge is -2.29. The van der Waals surface area contributed by atoms with Crippen LogP contribution in [0.4, 0.5) is 0 Å². The number of pyridine rings is 1. The summed E-state index contributed by atoms with van der Waals surface area (Å²) >= 11 is 1.74. The third kappa shape index (κ3) is 2.93. The Morgan fingerprint density at radius 3 is 2.77 bits per heavy atom. The Labute approximate surface area is 156 Å². The molecule has 1 N–H and O–H groups in total. The number of aromatic carboxylic acids is 1. The summed E-state index contributed by atoms with van der Waals surface area (Å²) in [4.78, 5) is 20.6. The molecular formula is C21H20N2O2S. The van der Waals surface area contributed by atoms with Gasteiger partial charge >= 0.3 is 0 Å². The zero-order valence-electron chi connectivity index (χ0n) is 14.8. The van der Waals surface area contributed by atoms with Gasteiger partial charge in [0.25, 0.3) is 0 Å². The number of aryl methyl sites for hydroxylation is 1. The molecule has 4 nitrogen and oxygen atoms in total. The van der Waals surface area contributed by atoms with Crippen LogP contribution < -0.4 is 10.0 Å². The number of carbonyl (C=O) groups is 1. The van der Waals surface area contributed by atoms with Crippen molar-refractivity contribution in [2.45, 2.75) is 20.4 Å². The predicted octanol–water partition coefficient (Wildman–Crippen LogP) is 1.93. The molecule has 0 aliphatic carbocycles. The van der Waals surface area contributed by atoms with Crippen LogP contribution in [-0.4, -0.2) is 24.0 Å². The van der Waals surface area contributed by atoms with E-state index in [1.807, 2.05) is 24.3 Å². The van der Waals surface area contributed by atoms with E-state index in [-0.39, 0.29) is 0 Å². The van der Waals surface area contributed by atoms with Gasteiger partial charge in [-0.25, -0.2) is 4.98 Å². The summed E-state index contributed by atoms with van der Waals surface area (Å²) in [7, 11) is 0. The van der Waals surface area contributed by atoms with Crippen molar-refractivity contribution >= 4 is 39.9 Å². The number of carboxylic acid groups (broad SMARTS) is 1. The second-order valence-corrected chi connectivity index (χ2v) is 8.01. The first-order valence-corrected chi connectivity index (χ1v) is 9.62. The van der Waals surface area contributed by atoms with Gasteiger partial charge in [-0.05, 0) is 38.1 Å². The summed E-state index contributed by atoms with van der Waals surface area (Å²) in [6.45, 7) is 6.65. The molecule has 1 atom stereocenters. The zero-order valence-corrected chi connectivity index (χ0v) is 15.7. The van der Waals surface area contributed by atoms with Crippen LogP contribution in [0.1, 0.15) is 38.3 Å². The van der Waals surface area contributed by atoms with Gasteiger partial charge < -0.3 is 14.8 Å². The number of aromatic nitrogens is 1. The van der Waals surface area contributed by atoms with Gasteiger partial charge in [-0.3, -0.25) is 0 Å². The van der Waals surface area contributed by atoms with Gasteiger partial charge in [0.1, 0.15) is 13.1 Å². The largest absolute Gasteiger partial charge is 0.545 e. The van der Waals surface area contributed by atoms with E-state index in [0.29, 0.717) is 23.0 Å². The first-order chi connectivity index (χ1) is 12.6. The average Bonchev–Trinajstić information content (AvgIpc) is 3.04. The van der Waals surface area contributed by atoms with E-state index in [1.165, 1.54) is 14.7 Å². The number of likely N-dealkylation sites (N-methyl/N-ethyl adjacent to an activating group) is 1. The fraction of sp³-hybridized carbons (Fsp3) is 0.238. The maximum Gasteiger partial charge on any atom is 0.106 e. The number of hydrogen-bond acceptors (Lipinski definition) is 4. The van der Waals surface area contributed by atoms with E-state index in [4.69, 9.17) is 4.98 Å². The molecule has 1 aliphatic rings. The molecule has 132 valence electrons. The Hall–Kier alpha value is -2.50. The number of hydrogen-bond donors (Lipinski definition) is 1. The first kappa shape index (κ1) is 16.9. The maximum atomic E-state index is 12.0. The lowest BCUT2D eigenvalue weighted by molar-refractivity contribution is -0.905. The van der Waals surface area contributed by atoms with Gasteiger partial charge in [0.15, 0.2) is 0 Å². The van der Waals surface area contributed by atoms with Gasteiger partial charge in [0.05, 0.1) is 23.7 Å². The van der Waals surface area contributed by atoms with Crippen LogP contribution in [0.25, 0.3) is 22.6 Å². The van der Waals surface area contributed by atoms with E-state index in [2.05, 4.69) is 32.1 Å². The number of fused-ring (bicyclic) bond motifs is 2. The molecule has 1 unspecified atom stereocenters. The number of rotatable bonds is 3. The van der Waals surface area contributed by atoms with Crippen LogP contribution in [0.2, 0.25) is 0 Å². The lowest BCUT2D eigenvalue weighted by Crippen LogP contribution is -3.11. The van der Waals surface area contributed by atoms with Crippen molar-refractivity contribution in [3.8, 4) is 0 Å². The Morgan fingerprint density at radius 1 is 1.27 bits per heavy atom. The van der Waals surface area contributed by atoms with Crippen molar-refractivity contribution in [3.05, 3.63) is 63.0 Å². The van der Waals surface area contributed by atoms with Gasteiger partial charge in [-0.1, -0.05) is 18.2 Å². The zero-order chi connectivity index (χ0) is 18.3. The number of quaternary nitrogens is 1. The first-order valence-electron chi connectivity index (χ1n) is 8.80. The van der Waals surface area contributed by atoms with Crippen LogP contribution in [0.5, 0.6) is 0 Å². The highest BCUT2D eigenvalue weighted by molar-refractivity contribution is 7.12. The van der Waals surface area contributed by atoms with Crippen LogP contribution in [-0.2, 0) is 6.54 Å². The number of benzene rings is 1. The maximum absolute atomic E-state index is 12.0. The second kappa shape index (κ2) is 6.67. The molecule has 0 radical (unpaired) electrons. The minimum atomic E-state index is -1.12. The second-order valence-electron chi connectivity index (χ2n) is 6.69. The minimum Gasteiger partial charge on any atom is -0.545 e. The topological polar surface area (TPSA) is 57.5 Å². The number of nitrogens with zero attached hydrogens (tertiary/aromatic N) is 1. The van der Waals surface area contributed by atoms with E-state index < -0.39 is 5.97 Å². The van der Waals surface area contributed by atoms with Crippen molar-refractivity contribution in [1.82, 2.24) is 4.98 Å². The van der Waals surface area contributed by atoms with Crippen LogP contribution >= 0.6 is 11.3 Å². The quantitative estimate of drug-likeness (QED) is 0.773. The summed E-state index contributed by atoms with van der Waals surface area (Å²) in [5, 5.41) is 12.6.